The minimum absolute atomic E-state index is 0. The molecule has 0 saturated carbocycles. The van der Waals surface area contributed by atoms with E-state index in [0.29, 0.717) is 25.3 Å². The molecule has 0 aliphatic carbocycles. The molecule has 3 rings (SSSR count). The van der Waals surface area contributed by atoms with Crippen LogP contribution in [0.1, 0.15) is 59.7 Å². The number of para-hydroxylation sites is 1. The van der Waals surface area contributed by atoms with Crippen molar-refractivity contribution in [3.8, 4) is 0 Å². The molecular weight excluding hydrogens is 637 g/mol. The molecule has 0 aliphatic rings. The number of imidazole rings is 1. The Bertz CT molecular complexity index is 962. The van der Waals surface area contributed by atoms with Gasteiger partial charge in [0.15, 0.2) is 0 Å². The van der Waals surface area contributed by atoms with Gasteiger partial charge in [-0.2, -0.15) is 0 Å². The van der Waals surface area contributed by atoms with E-state index in [9.17, 15) is 0 Å². The zero-order valence-electron chi connectivity index (χ0n) is 19.9. The summed E-state index contributed by atoms with van der Waals surface area (Å²) in [6.45, 7) is 12.6. The number of ether oxygens (including phenoxy) is 2. The topological polar surface area (TPSA) is 73.0 Å². The number of unbranched alkanes of at least 4 members (excludes halogenated alkanes) is 2. The number of fused-ring (bicyclic) bond motifs is 3. The Morgan fingerprint density at radius 3 is 2.50 bits per heavy atom. The molecule has 2 heterocycles. The Balaban J connectivity index is 0.00000166. The molecule has 6 nitrogen and oxygen atoms in total. The van der Waals surface area contributed by atoms with Crippen molar-refractivity contribution in [3.63, 3.8) is 0 Å². The van der Waals surface area contributed by atoms with Crippen molar-refractivity contribution in [1.29, 1.82) is 0 Å². The van der Waals surface area contributed by atoms with Gasteiger partial charge in [0.1, 0.15) is 12.4 Å². The number of hydrogen-bond acceptors (Lipinski definition) is 4. The predicted octanol–water partition coefficient (Wildman–Crippen LogP) is 7.19. The monoisotopic (exact) mass is 672 g/mol. The first-order valence-corrected chi connectivity index (χ1v) is 12.4. The second kappa shape index (κ2) is 14.3. The van der Waals surface area contributed by atoms with Crippen molar-refractivity contribution < 1.29 is 31.9 Å². The molecule has 0 fully saturated rings. The predicted molar refractivity (Wildman–Crippen MR) is 133 cm³/mol. The number of rotatable bonds is 11. The summed E-state index contributed by atoms with van der Waals surface area (Å²) in [5.74, 6) is 1.01. The standard InChI is InChI=1S/C22H30BrN4O2.C2H6.Ta/c1-4-28-14-18-26-19-20(16-10-6-7-11-17(16)25-21(19)24)27(18)15-22(2,3)29-13-9-5-8-12-23;1-2;/h6-7,10-11H,4-5,8-9,12-15H2,1-3H3,(H-,24,25);1-2H3;/q-1;;. The summed E-state index contributed by atoms with van der Waals surface area (Å²) in [6, 6.07) is 7.93. The fraction of sp³-hybridized carbons (Fsp3) is 0.583. The first-order valence-electron chi connectivity index (χ1n) is 11.2. The van der Waals surface area contributed by atoms with Crippen LogP contribution in [0.4, 0.5) is 5.82 Å². The molecule has 1 aromatic carbocycles. The van der Waals surface area contributed by atoms with E-state index in [1.165, 1.54) is 6.42 Å². The number of halogens is 1. The summed E-state index contributed by atoms with van der Waals surface area (Å²) < 4.78 is 14.1. The van der Waals surface area contributed by atoms with Gasteiger partial charge in [-0.15, -0.1) is 0 Å². The first kappa shape index (κ1) is 29.1. The molecule has 1 N–H and O–H groups in total. The Labute approximate surface area is 216 Å². The van der Waals surface area contributed by atoms with Gasteiger partial charge in [0.05, 0.1) is 23.2 Å². The second-order valence-electron chi connectivity index (χ2n) is 7.78. The van der Waals surface area contributed by atoms with Crippen LogP contribution in [-0.2, 0) is 45.0 Å². The number of nitrogens with one attached hydrogen (secondary N) is 1. The van der Waals surface area contributed by atoms with Gasteiger partial charge in [-0.3, -0.25) is 0 Å². The molecule has 8 heteroatoms. The molecule has 0 aliphatic heterocycles. The van der Waals surface area contributed by atoms with E-state index in [-0.39, 0.29) is 33.8 Å². The van der Waals surface area contributed by atoms with E-state index >= 15 is 0 Å². The van der Waals surface area contributed by atoms with Crippen LogP contribution in [0.2, 0.25) is 0 Å². The van der Waals surface area contributed by atoms with Crippen LogP contribution in [0.5, 0.6) is 0 Å². The van der Waals surface area contributed by atoms with Crippen molar-refractivity contribution in [2.45, 2.75) is 72.6 Å². The van der Waals surface area contributed by atoms with Crippen molar-refractivity contribution in [2.24, 2.45) is 0 Å². The quantitative estimate of drug-likeness (QED) is 0.160. The number of alkyl halides is 1. The number of hydrogen-bond donors (Lipinski definition) is 0. The molecule has 0 unspecified atom stereocenters. The van der Waals surface area contributed by atoms with Gasteiger partial charge < -0.3 is 24.8 Å². The Morgan fingerprint density at radius 2 is 1.81 bits per heavy atom. The Hall–Kier alpha value is -0.960. The first-order chi connectivity index (χ1) is 15.0. The van der Waals surface area contributed by atoms with Crippen molar-refractivity contribution in [1.82, 2.24) is 14.5 Å². The molecule has 0 atom stereocenters. The van der Waals surface area contributed by atoms with Gasteiger partial charge in [-0.25, -0.2) is 4.98 Å². The summed E-state index contributed by atoms with van der Waals surface area (Å²) in [5, 5.41) is 2.04. The Kier molecular flexibility index (Phi) is 13.0. The van der Waals surface area contributed by atoms with Gasteiger partial charge in [-0.05, 0) is 44.9 Å². The number of benzene rings is 1. The van der Waals surface area contributed by atoms with E-state index < -0.39 is 0 Å². The molecule has 0 spiro atoms. The number of nitrogens with zero attached hydrogens (tertiary/aromatic N) is 3. The molecular formula is C24H36BrN4O2Ta-. The smallest absolute Gasteiger partial charge is 0.136 e. The number of aromatic nitrogens is 3. The zero-order valence-corrected chi connectivity index (χ0v) is 24.7. The minimum Gasteiger partial charge on any atom is -0.480 e. The van der Waals surface area contributed by atoms with E-state index in [1.54, 1.807) is 0 Å². The average Bonchev–Trinajstić information content (AvgIpc) is 3.12. The molecule has 0 bridgehead atoms. The SMILES string of the molecule is CC.CCOCc1nc2c([NH-])nc3ccccc3c2n1CC(C)(C)OCCCCCBr.[Ta]. The van der Waals surface area contributed by atoms with Gasteiger partial charge in [0, 0.05) is 46.3 Å². The zero-order chi connectivity index (χ0) is 22.9. The van der Waals surface area contributed by atoms with Crippen molar-refractivity contribution in [2.75, 3.05) is 18.5 Å². The summed E-state index contributed by atoms with van der Waals surface area (Å²) in [5.41, 5.74) is 10.4. The van der Waals surface area contributed by atoms with Crippen molar-refractivity contribution in [3.05, 3.63) is 35.8 Å². The maximum absolute atomic E-state index is 8.38. The molecule has 3 aromatic rings. The average molecular weight is 673 g/mol. The van der Waals surface area contributed by atoms with Gasteiger partial charge in [0.25, 0.3) is 0 Å². The van der Waals surface area contributed by atoms with E-state index in [0.717, 1.165) is 47.0 Å². The molecule has 0 amide bonds. The fourth-order valence-corrected chi connectivity index (χ4v) is 3.90. The largest absolute Gasteiger partial charge is 0.480 e. The van der Waals surface area contributed by atoms with E-state index in [1.807, 2.05) is 45.0 Å². The number of pyridine rings is 1. The van der Waals surface area contributed by atoms with Crippen LogP contribution >= 0.6 is 15.9 Å². The maximum Gasteiger partial charge on any atom is 0.136 e. The third-order valence-corrected chi connectivity index (χ3v) is 5.47. The van der Waals surface area contributed by atoms with Crippen LogP contribution < -0.4 is 0 Å². The Morgan fingerprint density at radius 1 is 1.09 bits per heavy atom. The van der Waals surface area contributed by atoms with Gasteiger partial charge in [-0.1, -0.05) is 60.5 Å². The van der Waals surface area contributed by atoms with E-state index in [4.69, 9.17) is 20.2 Å². The van der Waals surface area contributed by atoms with Crippen LogP contribution in [-0.4, -0.2) is 38.7 Å². The summed E-state index contributed by atoms with van der Waals surface area (Å²) in [6.07, 6.45) is 3.37. The van der Waals surface area contributed by atoms with Crippen LogP contribution in [0.3, 0.4) is 0 Å². The van der Waals surface area contributed by atoms with Gasteiger partial charge in [0.2, 0.25) is 0 Å². The third-order valence-electron chi connectivity index (χ3n) is 4.91. The minimum atomic E-state index is -0.366. The molecule has 2 aromatic heterocycles. The normalized spacial score (nSPS) is 11.3. The van der Waals surface area contributed by atoms with Crippen molar-refractivity contribution >= 4 is 43.7 Å². The van der Waals surface area contributed by atoms with Crippen LogP contribution in [0.25, 0.3) is 27.7 Å². The van der Waals surface area contributed by atoms with Gasteiger partial charge >= 0.3 is 0 Å². The summed E-state index contributed by atoms with van der Waals surface area (Å²) >= 11 is 3.47. The fourth-order valence-electron chi connectivity index (χ4n) is 3.50. The van der Waals surface area contributed by atoms with E-state index in [2.05, 4.69) is 39.3 Å². The molecule has 1 radical (unpaired) electrons. The van der Waals surface area contributed by atoms with Crippen LogP contribution in [0, 0.1) is 0 Å². The molecule has 32 heavy (non-hydrogen) atoms. The summed E-state index contributed by atoms with van der Waals surface area (Å²) in [4.78, 5) is 9.16. The molecule has 177 valence electrons. The summed E-state index contributed by atoms with van der Waals surface area (Å²) in [7, 11) is 0. The molecule has 0 saturated heterocycles. The third kappa shape index (κ3) is 7.54. The van der Waals surface area contributed by atoms with Crippen LogP contribution in [0.15, 0.2) is 24.3 Å². The second-order valence-corrected chi connectivity index (χ2v) is 8.58. The maximum atomic E-state index is 8.38.